The van der Waals surface area contributed by atoms with Gasteiger partial charge in [-0.05, 0) is 29.1 Å². The zero-order valence-corrected chi connectivity index (χ0v) is 15.7. The SMILES string of the molecule is CCC(C)(C)C(C)(C)C(N1CCCCCC1=O)C(C)(C)C. The first-order chi connectivity index (χ1) is 9.45. The summed E-state index contributed by atoms with van der Waals surface area (Å²) in [6, 6.07) is 0.283. The van der Waals surface area contributed by atoms with Gasteiger partial charge >= 0.3 is 0 Å². The van der Waals surface area contributed by atoms with Crippen LogP contribution >= 0.6 is 0 Å². The molecule has 1 heterocycles. The highest BCUT2D eigenvalue weighted by Gasteiger charge is 2.50. The third kappa shape index (κ3) is 3.81. The van der Waals surface area contributed by atoms with Crippen LogP contribution in [0.25, 0.3) is 0 Å². The lowest BCUT2D eigenvalue weighted by molar-refractivity contribution is -0.144. The fourth-order valence-corrected chi connectivity index (χ4v) is 4.04. The van der Waals surface area contributed by atoms with Gasteiger partial charge in [0.25, 0.3) is 0 Å². The Kier molecular flexibility index (Phi) is 5.56. The fraction of sp³-hybridized carbons (Fsp3) is 0.947. The molecule has 0 aromatic heterocycles. The molecule has 1 saturated heterocycles. The molecule has 1 aliphatic rings. The van der Waals surface area contributed by atoms with Crippen LogP contribution < -0.4 is 0 Å². The van der Waals surface area contributed by atoms with Crippen molar-refractivity contribution >= 4 is 5.91 Å². The zero-order valence-electron chi connectivity index (χ0n) is 15.7. The van der Waals surface area contributed by atoms with E-state index in [0.717, 1.165) is 32.2 Å². The van der Waals surface area contributed by atoms with Crippen molar-refractivity contribution in [3.63, 3.8) is 0 Å². The molecule has 0 N–H and O–H groups in total. The van der Waals surface area contributed by atoms with Crippen molar-refractivity contribution < 1.29 is 4.79 Å². The number of likely N-dealkylation sites (tertiary alicyclic amines) is 1. The number of carbonyl (C=O) groups is 1. The second kappa shape index (κ2) is 6.30. The molecule has 2 nitrogen and oxygen atoms in total. The molecule has 0 spiro atoms. The zero-order chi connectivity index (χ0) is 16.5. The van der Waals surface area contributed by atoms with E-state index in [9.17, 15) is 4.79 Å². The first kappa shape index (κ1) is 18.5. The van der Waals surface area contributed by atoms with Gasteiger partial charge in [0.15, 0.2) is 0 Å². The average molecular weight is 296 g/mol. The molecule has 2 heteroatoms. The van der Waals surface area contributed by atoms with Crippen molar-refractivity contribution in [3.8, 4) is 0 Å². The Bertz CT molecular complexity index is 362. The fourth-order valence-electron chi connectivity index (χ4n) is 4.04. The first-order valence-corrected chi connectivity index (χ1v) is 8.74. The van der Waals surface area contributed by atoms with Crippen molar-refractivity contribution in [3.05, 3.63) is 0 Å². The molecule has 0 aromatic carbocycles. The average Bonchev–Trinajstić information content (AvgIpc) is 2.53. The third-order valence-corrected chi connectivity index (χ3v) is 6.05. The summed E-state index contributed by atoms with van der Waals surface area (Å²) in [5.74, 6) is 0.368. The summed E-state index contributed by atoms with van der Waals surface area (Å²) >= 11 is 0. The van der Waals surface area contributed by atoms with Gasteiger partial charge in [-0.15, -0.1) is 0 Å². The summed E-state index contributed by atoms with van der Waals surface area (Å²) in [6.45, 7) is 19.5. The van der Waals surface area contributed by atoms with Crippen LogP contribution in [-0.4, -0.2) is 23.4 Å². The van der Waals surface area contributed by atoms with Crippen molar-refractivity contribution in [2.75, 3.05) is 6.54 Å². The Morgan fingerprint density at radius 3 is 2.05 bits per heavy atom. The number of hydrogen-bond acceptors (Lipinski definition) is 1. The van der Waals surface area contributed by atoms with Crippen LogP contribution in [0.2, 0.25) is 0 Å². The van der Waals surface area contributed by atoms with Gasteiger partial charge < -0.3 is 4.90 Å². The van der Waals surface area contributed by atoms with Crippen molar-refractivity contribution in [1.29, 1.82) is 0 Å². The minimum absolute atomic E-state index is 0.0833. The van der Waals surface area contributed by atoms with E-state index >= 15 is 0 Å². The quantitative estimate of drug-likeness (QED) is 0.692. The largest absolute Gasteiger partial charge is 0.339 e. The summed E-state index contributed by atoms with van der Waals surface area (Å²) in [5, 5.41) is 0. The molecule has 1 amide bonds. The standard InChI is InChI=1S/C19H37NO/c1-9-18(5,6)19(7,8)16(17(2,3)4)20-14-12-10-11-13-15(20)21/h16H,9-14H2,1-8H3. The van der Waals surface area contributed by atoms with E-state index < -0.39 is 0 Å². The van der Waals surface area contributed by atoms with E-state index in [-0.39, 0.29) is 22.3 Å². The smallest absolute Gasteiger partial charge is 0.222 e. The maximum absolute atomic E-state index is 12.7. The highest BCUT2D eigenvalue weighted by molar-refractivity contribution is 5.77. The monoisotopic (exact) mass is 295 g/mol. The van der Waals surface area contributed by atoms with Gasteiger partial charge in [0.2, 0.25) is 5.91 Å². The molecule has 0 bridgehead atoms. The topological polar surface area (TPSA) is 20.3 Å². The van der Waals surface area contributed by atoms with Gasteiger partial charge in [-0.3, -0.25) is 4.79 Å². The van der Waals surface area contributed by atoms with Gasteiger partial charge in [0, 0.05) is 19.0 Å². The molecule has 1 aliphatic heterocycles. The predicted octanol–water partition coefficient (Wildman–Crippen LogP) is 5.27. The second-order valence-corrected chi connectivity index (χ2v) is 9.13. The third-order valence-electron chi connectivity index (χ3n) is 6.05. The molecule has 0 saturated carbocycles. The Balaban J connectivity index is 3.26. The molecule has 0 radical (unpaired) electrons. The molecule has 124 valence electrons. The van der Waals surface area contributed by atoms with Crippen molar-refractivity contribution in [2.45, 2.75) is 93.5 Å². The maximum Gasteiger partial charge on any atom is 0.222 e. The molecule has 1 atom stereocenters. The number of hydrogen-bond donors (Lipinski definition) is 0. The van der Waals surface area contributed by atoms with E-state index in [2.05, 4.69) is 60.3 Å². The first-order valence-electron chi connectivity index (χ1n) is 8.74. The Hall–Kier alpha value is -0.530. The summed E-state index contributed by atoms with van der Waals surface area (Å²) in [7, 11) is 0. The van der Waals surface area contributed by atoms with E-state index in [1.165, 1.54) is 6.42 Å². The normalized spacial score (nSPS) is 20.4. The molecule has 1 unspecified atom stereocenters. The summed E-state index contributed by atoms with van der Waals surface area (Å²) in [6.07, 6.45) is 5.27. The molecule has 1 fully saturated rings. The van der Waals surface area contributed by atoms with Crippen LogP contribution in [0.15, 0.2) is 0 Å². The Morgan fingerprint density at radius 2 is 1.57 bits per heavy atom. The van der Waals surface area contributed by atoms with E-state index in [4.69, 9.17) is 0 Å². The van der Waals surface area contributed by atoms with Gasteiger partial charge in [-0.2, -0.15) is 0 Å². The van der Waals surface area contributed by atoms with E-state index in [1.807, 2.05) is 0 Å². The van der Waals surface area contributed by atoms with Crippen molar-refractivity contribution in [2.24, 2.45) is 16.2 Å². The molecule has 0 aliphatic carbocycles. The lowest BCUT2D eigenvalue weighted by Gasteiger charge is -2.55. The molecule has 1 rings (SSSR count). The van der Waals surface area contributed by atoms with Crippen LogP contribution in [0.3, 0.4) is 0 Å². The number of rotatable bonds is 4. The molecular weight excluding hydrogens is 258 g/mol. The number of nitrogens with zero attached hydrogens (tertiary/aromatic N) is 1. The van der Waals surface area contributed by atoms with Crippen LogP contribution in [0.5, 0.6) is 0 Å². The van der Waals surface area contributed by atoms with Gasteiger partial charge in [0.05, 0.1) is 0 Å². The van der Waals surface area contributed by atoms with Gasteiger partial charge in [-0.1, -0.05) is 68.2 Å². The minimum atomic E-state index is 0.0833. The highest BCUT2D eigenvalue weighted by Crippen LogP contribution is 2.50. The van der Waals surface area contributed by atoms with Crippen LogP contribution in [0, 0.1) is 16.2 Å². The summed E-state index contributed by atoms with van der Waals surface area (Å²) < 4.78 is 0. The molecular formula is C19H37NO. The minimum Gasteiger partial charge on any atom is -0.339 e. The van der Waals surface area contributed by atoms with E-state index in [1.54, 1.807) is 0 Å². The highest BCUT2D eigenvalue weighted by atomic mass is 16.2. The van der Waals surface area contributed by atoms with E-state index in [0.29, 0.717) is 5.91 Å². The maximum atomic E-state index is 12.7. The lowest BCUT2D eigenvalue weighted by atomic mass is 9.57. The molecule has 0 aromatic rings. The van der Waals surface area contributed by atoms with Crippen LogP contribution in [-0.2, 0) is 4.79 Å². The number of amides is 1. The Labute approximate surface area is 132 Å². The van der Waals surface area contributed by atoms with Gasteiger partial charge in [-0.25, -0.2) is 0 Å². The van der Waals surface area contributed by atoms with Crippen LogP contribution in [0.4, 0.5) is 0 Å². The molecule has 21 heavy (non-hydrogen) atoms. The Morgan fingerprint density at radius 1 is 1.00 bits per heavy atom. The lowest BCUT2D eigenvalue weighted by Crippen LogP contribution is -2.59. The van der Waals surface area contributed by atoms with Crippen LogP contribution in [0.1, 0.15) is 87.5 Å². The summed E-state index contributed by atoms with van der Waals surface area (Å²) in [4.78, 5) is 14.9. The summed E-state index contributed by atoms with van der Waals surface area (Å²) in [5.41, 5.74) is 0.382. The van der Waals surface area contributed by atoms with Gasteiger partial charge in [0.1, 0.15) is 0 Å². The number of carbonyl (C=O) groups excluding carboxylic acids is 1. The van der Waals surface area contributed by atoms with Crippen molar-refractivity contribution in [1.82, 2.24) is 4.90 Å². The predicted molar refractivity (Wildman–Crippen MR) is 91.3 cm³/mol. The second-order valence-electron chi connectivity index (χ2n) is 9.13.